The zero-order valence-electron chi connectivity index (χ0n) is 24.0. The Bertz CT molecular complexity index is 1410. The highest BCUT2D eigenvalue weighted by atomic mass is 31.2. The number of nitrogens with two attached hydrogens (primary N) is 1. The van der Waals surface area contributed by atoms with Gasteiger partial charge in [-0.15, -0.1) is 10.2 Å². The fraction of sp³-hybridized carbons (Fsp3) is 0.560. The number of nitrogens with one attached hydrogen (secondary N) is 3. The van der Waals surface area contributed by atoms with Gasteiger partial charge in [0.2, 0.25) is 17.4 Å². The Morgan fingerprint density at radius 2 is 1.67 bits per heavy atom. The summed E-state index contributed by atoms with van der Waals surface area (Å²) in [6.45, 7) is 7.40. The highest BCUT2D eigenvalue weighted by Crippen LogP contribution is 2.49. The van der Waals surface area contributed by atoms with Crippen molar-refractivity contribution in [2.45, 2.75) is 71.9 Å². The minimum absolute atomic E-state index is 0.0231. The van der Waals surface area contributed by atoms with Gasteiger partial charge in [0.15, 0.2) is 16.9 Å². The predicted molar refractivity (Wildman–Crippen MR) is 154 cm³/mol. The van der Waals surface area contributed by atoms with Crippen molar-refractivity contribution in [2.24, 2.45) is 0 Å². The fourth-order valence-electron chi connectivity index (χ4n) is 3.91. The van der Waals surface area contributed by atoms with Crippen molar-refractivity contribution in [2.75, 3.05) is 25.1 Å². The predicted octanol–water partition coefficient (Wildman–Crippen LogP) is 1.64. The molecule has 0 amide bonds. The largest absolute Gasteiger partial charge is 0.502 e. The topological polar surface area (TPSA) is 240 Å². The van der Waals surface area contributed by atoms with Gasteiger partial charge in [-0.2, -0.15) is 4.98 Å². The molecule has 0 radical (unpaired) electrons. The molecule has 2 atom stereocenters. The first-order valence-corrected chi connectivity index (χ1v) is 15.6. The van der Waals surface area contributed by atoms with E-state index < -0.39 is 48.9 Å². The van der Waals surface area contributed by atoms with E-state index in [1.54, 1.807) is 0 Å². The molecule has 3 heterocycles. The normalized spacial score (nSPS) is 13.3. The highest BCUT2D eigenvalue weighted by molar-refractivity contribution is 7.66. The number of unbranched alkanes of at least 4 members (excludes halogenated alkanes) is 2. The molecule has 0 spiro atoms. The van der Waals surface area contributed by atoms with Crippen LogP contribution in [0.1, 0.15) is 59.1 Å². The second kappa shape index (κ2) is 14.4. The maximum Gasteiger partial charge on any atom is 0.326 e. The van der Waals surface area contributed by atoms with E-state index in [9.17, 15) is 29.5 Å². The van der Waals surface area contributed by atoms with Crippen LogP contribution in [-0.2, 0) is 25.5 Å². The number of fused-ring (bicyclic) bond motifs is 1. The monoisotopic (exact) mass is 612 g/mol. The van der Waals surface area contributed by atoms with E-state index in [-0.39, 0.29) is 54.6 Å². The van der Waals surface area contributed by atoms with E-state index >= 15 is 0 Å². The van der Waals surface area contributed by atoms with Gasteiger partial charge in [-0.25, -0.2) is 14.4 Å². The van der Waals surface area contributed by atoms with Gasteiger partial charge < -0.3 is 29.8 Å². The average molecular weight is 613 g/mol. The third-order valence-electron chi connectivity index (χ3n) is 6.22. The van der Waals surface area contributed by atoms with Gasteiger partial charge in [0.05, 0.1) is 13.2 Å². The molecular formula is C25H39N7O9P+. The van der Waals surface area contributed by atoms with E-state index in [0.29, 0.717) is 12.8 Å². The van der Waals surface area contributed by atoms with Crippen LogP contribution in [0.25, 0.3) is 17.0 Å². The van der Waals surface area contributed by atoms with Gasteiger partial charge >= 0.3 is 11.9 Å². The Labute approximate surface area is 242 Å². The van der Waals surface area contributed by atoms with Crippen molar-refractivity contribution < 1.29 is 38.6 Å². The lowest BCUT2D eigenvalue weighted by Crippen LogP contribution is -2.45. The van der Waals surface area contributed by atoms with E-state index in [1.165, 1.54) is 13.8 Å². The fourth-order valence-corrected chi connectivity index (χ4v) is 6.27. The summed E-state index contributed by atoms with van der Waals surface area (Å²) in [4.78, 5) is 59.1. The number of H-pyrrole nitrogens is 1. The van der Waals surface area contributed by atoms with Crippen LogP contribution in [0.5, 0.6) is 11.5 Å². The van der Waals surface area contributed by atoms with Crippen LogP contribution < -0.4 is 21.5 Å². The minimum atomic E-state index is -3.52. The number of hydrogen-bond acceptors (Lipinski definition) is 14. The minimum Gasteiger partial charge on any atom is -0.502 e. The maximum atomic E-state index is 12.5. The Hall–Kier alpha value is -3.72. The molecular weight excluding hydrogens is 573 g/mol. The summed E-state index contributed by atoms with van der Waals surface area (Å²) >= 11 is 0. The van der Waals surface area contributed by atoms with Gasteiger partial charge in [-0.1, -0.05) is 26.7 Å². The molecule has 232 valence electrons. The number of esters is 2. The number of carbonyl (C=O) groups is 2. The molecule has 0 aliphatic heterocycles. The van der Waals surface area contributed by atoms with Crippen molar-refractivity contribution in [3.8, 4) is 17.4 Å². The lowest BCUT2D eigenvalue weighted by atomic mass is 10.3. The molecule has 16 nitrogen and oxygen atoms in total. The van der Waals surface area contributed by atoms with Gasteiger partial charge in [0.25, 0.3) is 19.2 Å². The molecule has 0 unspecified atom stereocenters. The Balaban J connectivity index is 1.84. The molecule has 0 saturated carbocycles. The number of rotatable bonds is 16. The standard InChI is InChI=1S/C25H38N7O9P/c1-5-7-10-39-23(36)14(3)30-42(38,31-15(4)24(37)40-11-8-6-2)12-9-16-18(33)19(34)22(41-16)32-13-27-17-20(32)28-25(26)29-21(17)35/h13-15,30-31,38H,5-12H2,1-4H3,(H4-,26,28,29,33,34,35)/p+1/t14-,15-/m0/s1. The number of nitrogens with zero attached hydrogens (tertiary/aromatic N) is 3. The zero-order chi connectivity index (χ0) is 31.0. The van der Waals surface area contributed by atoms with Gasteiger partial charge in [-0.3, -0.25) is 19.4 Å². The third kappa shape index (κ3) is 7.97. The SMILES string of the molecule is CCCCOC(=O)[C@H](C)N[P+](O)(CCc1oc(-n2cnc3c(=O)[nH]c(N)nc32)c(O)c1O)N[C@@H](C)C(=O)OCCCC. The zero-order valence-corrected chi connectivity index (χ0v) is 24.9. The second-order valence-corrected chi connectivity index (χ2v) is 12.3. The number of hydrogen-bond donors (Lipinski definition) is 7. The number of aromatic amines is 1. The van der Waals surface area contributed by atoms with Crippen molar-refractivity contribution >= 4 is 36.8 Å². The number of aromatic hydroxyl groups is 2. The smallest absolute Gasteiger partial charge is 0.326 e. The Morgan fingerprint density at radius 3 is 2.21 bits per heavy atom. The first-order chi connectivity index (χ1) is 19.9. The van der Waals surface area contributed by atoms with Crippen LogP contribution in [-0.4, -0.2) is 78.0 Å². The maximum absolute atomic E-state index is 12.5. The molecule has 8 N–H and O–H groups in total. The molecule has 3 rings (SSSR count). The number of carbonyl (C=O) groups excluding carboxylic acids is 2. The summed E-state index contributed by atoms with van der Waals surface area (Å²) in [6.07, 6.45) is 3.90. The first-order valence-electron chi connectivity index (χ1n) is 13.7. The van der Waals surface area contributed by atoms with Crippen LogP contribution in [0.3, 0.4) is 0 Å². The van der Waals surface area contributed by atoms with Crippen molar-refractivity contribution in [1.82, 2.24) is 29.7 Å². The molecule has 0 saturated heterocycles. The van der Waals surface area contributed by atoms with E-state index in [0.717, 1.165) is 23.7 Å². The number of aromatic nitrogens is 4. The summed E-state index contributed by atoms with van der Waals surface area (Å²) in [5.74, 6) is -3.05. The van der Waals surface area contributed by atoms with E-state index in [4.69, 9.17) is 19.6 Å². The summed E-state index contributed by atoms with van der Waals surface area (Å²) in [7, 11) is -3.52. The quantitative estimate of drug-likeness (QED) is 0.0691. The lowest BCUT2D eigenvalue weighted by Gasteiger charge is -2.26. The number of anilines is 1. The van der Waals surface area contributed by atoms with E-state index in [2.05, 4.69) is 25.1 Å². The first kappa shape index (κ1) is 32.8. The van der Waals surface area contributed by atoms with Gasteiger partial charge in [0, 0.05) is 6.42 Å². The molecule has 0 aromatic carbocycles. The van der Waals surface area contributed by atoms with Crippen LogP contribution in [0.4, 0.5) is 5.95 Å². The number of furan rings is 1. The van der Waals surface area contributed by atoms with Crippen LogP contribution in [0.2, 0.25) is 0 Å². The summed E-state index contributed by atoms with van der Waals surface area (Å²) in [6, 6.07) is -1.89. The number of nitrogen functional groups attached to an aromatic ring is 1. The van der Waals surface area contributed by atoms with Crippen molar-refractivity contribution in [1.29, 1.82) is 0 Å². The lowest BCUT2D eigenvalue weighted by molar-refractivity contribution is -0.145. The van der Waals surface area contributed by atoms with Crippen molar-refractivity contribution in [3.05, 3.63) is 22.4 Å². The number of aryl methyl sites for hydroxylation is 1. The number of ether oxygens (including phenoxy) is 2. The summed E-state index contributed by atoms with van der Waals surface area (Å²) in [5, 5.41) is 27.0. The van der Waals surface area contributed by atoms with Gasteiger partial charge in [-0.05, 0) is 26.7 Å². The summed E-state index contributed by atoms with van der Waals surface area (Å²) in [5.41, 5.74) is 4.93. The molecule has 0 fully saturated rings. The molecule has 3 aromatic rings. The van der Waals surface area contributed by atoms with E-state index in [1.807, 2.05) is 13.8 Å². The van der Waals surface area contributed by atoms with Crippen LogP contribution in [0.15, 0.2) is 15.5 Å². The molecule has 17 heteroatoms. The third-order valence-corrected chi connectivity index (χ3v) is 8.72. The Morgan fingerprint density at radius 1 is 1.10 bits per heavy atom. The molecule has 0 aliphatic carbocycles. The molecule has 0 aliphatic rings. The highest BCUT2D eigenvalue weighted by Gasteiger charge is 2.43. The Kier molecular flexibility index (Phi) is 11.3. The van der Waals surface area contributed by atoms with Crippen LogP contribution in [0, 0.1) is 0 Å². The van der Waals surface area contributed by atoms with Crippen molar-refractivity contribution in [3.63, 3.8) is 0 Å². The second-order valence-electron chi connectivity index (χ2n) is 9.75. The average Bonchev–Trinajstić information content (AvgIpc) is 3.48. The molecule has 0 bridgehead atoms. The molecule has 3 aromatic heterocycles. The summed E-state index contributed by atoms with van der Waals surface area (Å²) < 4.78 is 17.3. The van der Waals surface area contributed by atoms with Gasteiger partial charge in [0.1, 0.15) is 24.6 Å². The van der Waals surface area contributed by atoms with Crippen LogP contribution >= 0.6 is 7.79 Å². The molecule has 42 heavy (non-hydrogen) atoms. The number of imidazole rings is 1.